The van der Waals surface area contributed by atoms with Gasteiger partial charge in [0, 0.05) is 44.0 Å². The fraction of sp³-hybridized carbons (Fsp3) is 0.395. The Hall–Kier alpha value is -5.02. The molecule has 0 saturated heterocycles. The van der Waals surface area contributed by atoms with Crippen LogP contribution in [0.1, 0.15) is 56.0 Å². The van der Waals surface area contributed by atoms with Crippen LogP contribution in [0.25, 0.3) is 0 Å². The Bertz CT molecular complexity index is 2020. The number of carbonyl (C=O) groups is 2. The number of carbonyl (C=O) groups excluding carboxylic acids is 2. The lowest BCUT2D eigenvalue weighted by atomic mass is 10.0. The maximum absolute atomic E-state index is 14.9. The summed E-state index contributed by atoms with van der Waals surface area (Å²) in [6.07, 6.45) is 1.28. The fourth-order valence-electron chi connectivity index (χ4n) is 6.48. The van der Waals surface area contributed by atoms with Crippen molar-refractivity contribution in [3.63, 3.8) is 0 Å². The third-order valence-electron chi connectivity index (χ3n) is 9.82. The summed E-state index contributed by atoms with van der Waals surface area (Å²) in [7, 11) is -0.911. The molecule has 3 amide bonds. The molecular formula is C43H53FN4O8S. The first-order valence-corrected chi connectivity index (χ1v) is 20.6. The number of nitrogens with one attached hydrogen (secondary N) is 2. The number of benzene rings is 4. The molecule has 0 fully saturated rings. The van der Waals surface area contributed by atoms with Crippen molar-refractivity contribution < 1.29 is 41.3 Å². The van der Waals surface area contributed by atoms with Crippen LogP contribution >= 0.6 is 0 Å². The van der Waals surface area contributed by atoms with E-state index in [-0.39, 0.29) is 48.1 Å². The van der Waals surface area contributed by atoms with E-state index in [1.54, 1.807) is 42.3 Å². The molecule has 306 valence electrons. The molecule has 1 aliphatic heterocycles. The average Bonchev–Trinajstić information content (AvgIpc) is 3.19. The largest absolute Gasteiger partial charge is 0.497 e. The smallest absolute Gasteiger partial charge is 0.323 e. The van der Waals surface area contributed by atoms with Gasteiger partial charge in [0.1, 0.15) is 17.3 Å². The number of ether oxygens (including phenoxy) is 4. The lowest BCUT2D eigenvalue weighted by Crippen LogP contribution is -2.48. The first-order chi connectivity index (χ1) is 27.3. The maximum atomic E-state index is 14.9. The van der Waals surface area contributed by atoms with E-state index in [0.717, 1.165) is 29.9 Å². The standard InChI is InChI=1S/C43H53FN4O8S/c1-30-26-48(31(2)28-54-29-33-14-19-37(53-5)20-15-33)42(49)39-25-36(46-43(50)45-35-12-7-6-8-13-35)18-23-40(39)56-32(3)11-9-10-24-55-41(30)27-47(4)57(51,52)38-21-16-34(44)17-22-38/h6-8,12-23,25,30-32,41H,9-11,24,26-29H2,1-5H3,(H2,45,46,50)/t30-,31-,32+,41+/m1/s1. The number of fused-ring (bicyclic) bond motifs is 1. The highest BCUT2D eigenvalue weighted by Gasteiger charge is 2.33. The molecule has 4 atom stereocenters. The van der Waals surface area contributed by atoms with Crippen LogP contribution in [-0.4, -0.2) is 88.3 Å². The van der Waals surface area contributed by atoms with Gasteiger partial charge in [0.25, 0.3) is 5.91 Å². The molecule has 4 aromatic rings. The Morgan fingerprint density at radius 3 is 2.37 bits per heavy atom. The predicted molar refractivity (Wildman–Crippen MR) is 218 cm³/mol. The molecule has 1 heterocycles. The Labute approximate surface area is 335 Å². The van der Waals surface area contributed by atoms with Crippen molar-refractivity contribution >= 4 is 33.3 Å². The summed E-state index contributed by atoms with van der Waals surface area (Å²) in [5, 5.41) is 5.64. The minimum Gasteiger partial charge on any atom is -0.497 e. The number of nitrogens with zero attached hydrogens (tertiary/aromatic N) is 2. The van der Waals surface area contributed by atoms with E-state index in [0.29, 0.717) is 43.2 Å². The molecule has 57 heavy (non-hydrogen) atoms. The third-order valence-corrected chi connectivity index (χ3v) is 11.7. The van der Waals surface area contributed by atoms with Crippen molar-refractivity contribution in [1.29, 1.82) is 0 Å². The van der Waals surface area contributed by atoms with Gasteiger partial charge in [-0.2, -0.15) is 4.31 Å². The summed E-state index contributed by atoms with van der Waals surface area (Å²) >= 11 is 0. The van der Waals surface area contributed by atoms with Crippen molar-refractivity contribution in [2.45, 2.75) is 69.8 Å². The quantitative estimate of drug-likeness (QED) is 0.148. The lowest BCUT2D eigenvalue weighted by molar-refractivity contribution is -0.0120. The van der Waals surface area contributed by atoms with E-state index in [4.69, 9.17) is 18.9 Å². The summed E-state index contributed by atoms with van der Waals surface area (Å²) in [6.45, 7) is 6.76. The molecule has 2 N–H and O–H groups in total. The van der Waals surface area contributed by atoms with Crippen molar-refractivity contribution in [3.8, 4) is 11.5 Å². The van der Waals surface area contributed by atoms with Crippen molar-refractivity contribution in [3.05, 3.63) is 114 Å². The molecule has 0 spiro atoms. The highest BCUT2D eigenvalue weighted by molar-refractivity contribution is 7.89. The number of hydrogen-bond donors (Lipinski definition) is 2. The summed E-state index contributed by atoms with van der Waals surface area (Å²) < 4.78 is 66.3. The number of amides is 3. The van der Waals surface area contributed by atoms with Gasteiger partial charge in [-0.1, -0.05) is 37.3 Å². The highest BCUT2D eigenvalue weighted by Crippen LogP contribution is 2.29. The fourth-order valence-corrected chi connectivity index (χ4v) is 7.66. The number of anilines is 2. The monoisotopic (exact) mass is 804 g/mol. The molecule has 0 bridgehead atoms. The van der Waals surface area contributed by atoms with Gasteiger partial charge in [0.05, 0.1) is 49.0 Å². The molecular weight excluding hydrogens is 752 g/mol. The molecule has 0 saturated carbocycles. The first kappa shape index (κ1) is 43.1. The van der Waals surface area contributed by atoms with Gasteiger partial charge in [0.15, 0.2) is 0 Å². The molecule has 0 radical (unpaired) electrons. The number of urea groups is 1. The second-order valence-electron chi connectivity index (χ2n) is 14.4. The van der Waals surface area contributed by atoms with Gasteiger partial charge in [0.2, 0.25) is 10.0 Å². The van der Waals surface area contributed by atoms with Gasteiger partial charge in [-0.15, -0.1) is 0 Å². The van der Waals surface area contributed by atoms with Crippen LogP contribution in [0.2, 0.25) is 0 Å². The van der Waals surface area contributed by atoms with Crippen LogP contribution in [-0.2, 0) is 26.1 Å². The third kappa shape index (κ3) is 12.2. The van der Waals surface area contributed by atoms with E-state index in [2.05, 4.69) is 10.6 Å². The van der Waals surface area contributed by atoms with Gasteiger partial charge < -0.3 is 34.5 Å². The normalized spacial score (nSPS) is 18.8. The number of hydrogen-bond acceptors (Lipinski definition) is 8. The second-order valence-corrected chi connectivity index (χ2v) is 16.4. The van der Waals surface area contributed by atoms with Crippen molar-refractivity contribution in [2.75, 3.05) is 51.1 Å². The van der Waals surface area contributed by atoms with E-state index < -0.39 is 34.0 Å². The number of sulfonamides is 1. The van der Waals surface area contributed by atoms with Gasteiger partial charge in [-0.05, 0) is 105 Å². The van der Waals surface area contributed by atoms with Crippen LogP contribution in [0.15, 0.2) is 102 Å². The number of para-hydroxylation sites is 1. The Morgan fingerprint density at radius 1 is 0.965 bits per heavy atom. The van der Waals surface area contributed by atoms with E-state index >= 15 is 0 Å². The molecule has 1 aliphatic rings. The first-order valence-electron chi connectivity index (χ1n) is 19.1. The predicted octanol–water partition coefficient (Wildman–Crippen LogP) is 7.82. The van der Waals surface area contributed by atoms with Crippen molar-refractivity contribution in [2.24, 2.45) is 5.92 Å². The van der Waals surface area contributed by atoms with Gasteiger partial charge in [-0.25, -0.2) is 17.6 Å². The average molecular weight is 805 g/mol. The van der Waals surface area contributed by atoms with Crippen LogP contribution < -0.4 is 20.1 Å². The zero-order valence-corrected chi connectivity index (χ0v) is 34.0. The van der Waals surface area contributed by atoms with Gasteiger partial charge >= 0.3 is 6.03 Å². The topological polar surface area (TPSA) is 136 Å². The number of methoxy groups -OCH3 is 1. The SMILES string of the molecule is COc1ccc(COC[C@@H](C)N2C[C@@H](C)[C@H](CN(C)S(=O)(=O)c3ccc(F)cc3)OCCCC[C@H](C)Oc3ccc(NC(=O)Nc4ccccc4)cc3C2=O)cc1. The zero-order chi connectivity index (χ0) is 41.0. The molecule has 12 nitrogen and oxygen atoms in total. The van der Waals surface area contributed by atoms with Crippen molar-refractivity contribution in [1.82, 2.24) is 9.21 Å². The Morgan fingerprint density at radius 2 is 1.67 bits per heavy atom. The van der Waals surface area contributed by atoms with Crippen LogP contribution in [0.4, 0.5) is 20.6 Å². The number of halogens is 1. The molecule has 0 aromatic heterocycles. The summed E-state index contributed by atoms with van der Waals surface area (Å²) in [5.41, 5.74) is 2.18. The molecule has 14 heteroatoms. The molecule has 5 rings (SSSR count). The maximum Gasteiger partial charge on any atom is 0.323 e. The van der Waals surface area contributed by atoms with E-state index in [1.165, 1.54) is 23.5 Å². The molecule has 0 aliphatic carbocycles. The summed E-state index contributed by atoms with van der Waals surface area (Å²) in [4.78, 5) is 29.6. The lowest BCUT2D eigenvalue weighted by Gasteiger charge is -2.36. The Kier molecular flexibility index (Phi) is 15.4. The minimum absolute atomic E-state index is 0.00798. The number of rotatable bonds is 12. The summed E-state index contributed by atoms with van der Waals surface area (Å²) in [6, 6.07) is 25.3. The highest BCUT2D eigenvalue weighted by atomic mass is 32.2. The van der Waals surface area contributed by atoms with Crippen LogP contribution in [0.5, 0.6) is 11.5 Å². The minimum atomic E-state index is -3.98. The van der Waals surface area contributed by atoms with Gasteiger partial charge in [-0.3, -0.25) is 4.79 Å². The molecule has 4 aromatic carbocycles. The Balaban J connectivity index is 1.44. The second kappa shape index (κ2) is 20.4. The van der Waals surface area contributed by atoms with Crippen LogP contribution in [0, 0.1) is 11.7 Å². The van der Waals surface area contributed by atoms with E-state index in [9.17, 15) is 22.4 Å². The number of likely N-dealkylation sites (N-methyl/N-ethyl adjacent to an activating group) is 1. The van der Waals surface area contributed by atoms with Crippen LogP contribution in [0.3, 0.4) is 0 Å². The molecule has 0 unspecified atom stereocenters. The van der Waals surface area contributed by atoms with E-state index in [1.807, 2.05) is 63.2 Å². The summed E-state index contributed by atoms with van der Waals surface area (Å²) in [5.74, 6) is -0.161. The zero-order valence-electron chi connectivity index (χ0n) is 33.2.